The minimum absolute atomic E-state index is 0. The summed E-state index contributed by atoms with van der Waals surface area (Å²) in [6.45, 7) is 5.38. The average Bonchev–Trinajstić information content (AvgIpc) is 3.34. The lowest BCUT2D eigenvalue weighted by Gasteiger charge is -2.20. The molecule has 0 aliphatic rings. The van der Waals surface area contributed by atoms with E-state index in [1.54, 1.807) is 35.6 Å². The summed E-state index contributed by atoms with van der Waals surface area (Å²) in [5.74, 6) is -0.185. The van der Waals surface area contributed by atoms with Crippen LogP contribution < -0.4 is 4.90 Å². The molecule has 0 atom stereocenters. The largest absolute Gasteiger partial charge is 0.337 e. The highest BCUT2D eigenvalue weighted by Crippen LogP contribution is 2.34. The second kappa shape index (κ2) is 10.0. The number of halogens is 3. The Kier molecular flexibility index (Phi) is 7.59. The van der Waals surface area contributed by atoms with Gasteiger partial charge in [-0.2, -0.15) is 0 Å². The van der Waals surface area contributed by atoms with Gasteiger partial charge in [-0.15, -0.1) is 12.4 Å². The second-order valence-electron chi connectivity index (χ2n) is 7.16. The topological polar surface area (TPSA) is 51.0 Å². The Balaban J connectivity index is 0.00000272. The highest BCUT2D eigenvalue weighted by atomic mass is 35.5. The van der Waals surface area contributed by atoms with Gasteiger partial charge >= 0.3 is 0 Å². The average molecular weight is 496 g/mol. The number of thiazole rings is 1. The lowest BCUT2D eigenvalue weighted by molar-refractivity contribution is 0.0986. The quantitative estimate of drug-likeness (QED) is 0.304. The summed E-state index contributed by atoms with van der Waals surface area (Å²) in [6.07, 6.45) is 6.18. The van der Waals surface area contributed by atoms with Crippen LogP contribution in [0.3, 0.4) is 0 Å². The molecule has 4 rings (SSSR count). The smallest absolute Gasteiger partial charge is 0.261 e. The van der Waals surface area contributed by atoms with Crippen LogP contribution in [-0.4, -0.2) is 27.0 Å². The predicted octanol–water partition coefficient (Wildman–Crippen LogP) is 6.58. The lowest BCUT2D eigenvalue weighted by Crippen LogP contribution is -2.32. The summed E-state index contributed by atoms with van der Waals surface area (Å²) < 4.78 is 3.08. The summed E-state index contributed by atoms with van der Waals surface area (Å²) in [7, 11) is 0. The maximum atomic E-state index is 13.4. The monoisotopic (exact) mass is 494 g/mol. The zero-order valence-electron chi connectivity index (χ0n) is 17.0. The summed E-state index contributed by atoms with van der Waals surface area (Å²) in [5, 5.41) is 1.50. The van der Waals surface area contributed by atoms with Gasteiger partial charge in [0.2, 0.25) is 0 Å². The van der Waals surface area contributed by atoms with E-state index in [1.165, 1.54) is 11.3 Å². The van der Waals surface area contributed by atoms with Gasteiger partial charge in [-0.25, -0.2) is 9.97 Å². The van der Waals surface area contributed by atoms with Crippen molar-refractivity contribution >= 4 is 68.2 Å². The van der Waals surface area contributed by atoms with Crippen molar-refractivity contribution in [2.75, 3.05) is 11.4 Å². The molecule has 4 aromatic rings. The SMILES string of the molecule is Cc1cc(C)c2sc(N(CCCn3ccnc3)C(=O)c3ccc(Cl)cc3Cl)nc2c1.Cl. The molecule has 5 nitrogen and oxygen atoms in total. The van der Waals surface area contributed by atoms with Crippen LogP contribution in [0.2, 0.25) is 10.0 Å². The van der Waals surface area contributed by atoms with Crippen molar-refractivity contribution in [3.8, 4) is 0 Å². The molecule has 0 saturated heterocycles. The Morgan fingerprint density at radius 3 is 2.71 bits per heavy atom. The molecule has 31 heavy (non-hydrogen) atoms. The third kappa shape index (κ3) is 5.21. The molecule has 0 bridgehead atoms. The Morgan fingerprint density at radius 2 is 2.00 bits per heavy atom. The van der Waals surface area contributed by atoms with E-state index in [0.717, 1.165) is 34.3 Å². The summed E-state index contributed by atoms with van der Waals surface area (Å²) in [6, 6.07) is 9.11. The van der Waals surface area contributed by atoms with Crippen LogP contribution in [0, 0.1) is 13.8 Å². The van der Waals surface area contributed by atoms with E-state index in [2.05, 4.69) is 18.0 Å². The number of rotatable bonds is 6. The van der Waals surface area contributed by atoms with E-state index >= 15 is 0 Å². The fourth-order valence-electron chi connectivity index (χ4n) is 3.40. The van der Waals surface area contributed by atoms with Gasteiger partial charge in [0.25, 0.3) is 5.91 Å². The number of aromatic nitrogens is 3. The fraction of sp³-hybridized carbons (Fsp3) is 0.227. The number of nitrogens with zero attached hydrogens (tertiary/aromatic N) is 4. The summed E-state index contributed by atoms with van der Waals surface area (Å²) >= 11 is 13.9. The normalized spacial score (nSPS) is 10.8. The summed E-state index contributed by atoms with van der Waals surface area (Å²) in [4.78, 5) is 24.0. The molecule has 1 amide bonds. The van der Waals surface area contributed by atoms with Crippen molar-refractivity contribution in [2.45, 2.75) is 26.8 Å². The molecule has 0 saturated carbocycles. The van der Waals surface area contributed by atoms with Gasteiger partial charge in [0.05, 0.1) is 27.1 Å². The molecular weight excluding hydrogens is 475 g/mol. The van der Waals surface area contributed by atoms with Crippen LogP contribution in [0.25, 0.3) is 10.2 Å². The zero-order chi connectivity index (χ0) is 21.3. The summed E-state index contributed by atoms with van der Waals surface area (Å²) in [5.41, 5.74) is 3.62. The highest BCUT2D eigenvalue weighted by molar-refractivity contribution is 7.22. The molecule has 9 heteroatoms. The number of anilines is 1. The first kappa shape index (κ1) is 23.5. The third-order valence-corrected chi connectivity index (χ3v) is 6.58. The van der Waals surface area contributed by atoms with E-state index in [1.807, 2.05) is 23.8 Å². The number of fused-ring (bicyclic) bond motifs is 1. The maximum absolute atomic E-state index is 13.4. The minimum Gasteiger partial charge on any atom is -0.337 e. The molecule has 2 heterocycles. The van der Waals surface area contributed by atoms with Gasteiger partial charge in [-0.05, 0) is 55.7 Å². The van der Waals surface area contributed by atoms with Crippen LogP contribution in [0.15, 0.2) is 49.1 Å². The fourth-order valence-corrected chi connectivity index (χ4v) is 4.93. The van der Waals surface area contributed by atoms with E-state index in [0.29, 0.717) is 27.3 Å². The van der Waals surface area contributed by atoms with Crippen LogP contribution in [0.5, 0.6) is 0 Å². The third-order valence-electron chi connectivity index (χ3n) is 4.80. The molecule has 0 fully saturated rings. The Hall–Kier alpha value is -2.12. The first-order valence-electron chi connectivity index (χ1n) is 9.53. The highest BCUT2D eigenvalue weighted by Gasteiger charge is 2.23. The second-order valence-corrected chi connectivity index (χ2v) is 8.98. The minimum atomic E-state index is -0.185. The molecule has 0 aliphatic heterocycles. The van der Waals surface area contributed by atoms with Crippen LogP contribution in [0.1, 0.15) is 27.9 Å². The van der Waals surface area contributed by atoms with Crippen molar-refractivity contribution in [2.24, 2.45) is 0 Å². The number of amides is 1. The first-order chi connectivity index (χ1) is 14.4. The van der Waals surface area contributed by atoms with E-state index in [9.17, 15) is 4.79 Å². The molecule has 0 spiro atoms. The Bertz CT molecular complexity index is 1210. The number of carbonyl (C=O) groups excluding carboxylic acids is 1. The van der Waals surface area contributed by atoms with Crippen molar-refractivity contribution in [1.82, 2.24) is 14.5 Å². The molecular formula is C22H21Cl3N4OS. The molecule has 0 aliphatic carbocycles. The van der Waals surface area contributed by atoms with Gasteiger partial charge in [-0.3, -0.25) is 9.69 Å². The van der Waals surface area contributed by atoms with Gasteiger partial charge in [-0.1, -0.05) is 40.6 Å². The standard InChI is InChI=1S/C22H20Cl2N4OS.ClH/c1-14-10-15(2)20-19(11-14)26-22(30-20)28(8-3-7-27-9-6-25-13-27)21(29)17-5-4-16(23)12-18(17)24;/h4-6,9-13H,3,7-8H2,1-2H3;1H. The number of benzene rings is 2. The van der Waals surface area contributed by atoms with Crippen molar-refractivity contribution in [3.05, 3.63) is 75.8 Å². The lowest BCUT2D eigenvalue weighted by atomic mass is 10.1. The maximum Gasteiger partial charge on any atom is 0.261 e. The molecule has 0 radical (unpaired) electrons. The van der Waals surface area contributed by atoms with Crippen molar-refractivity contribution < 1.29 is 4.79 Å². The number of imidazole rings is 1. The van der Waals surface area contributed by atoms with Crippen LogP contribution in [0.4, 0.5) is 5.13 Å². The van der Waals surface area contributed by atoms with Gasteiger partial charge in [0, 0.05) is 30.5 Å². The number of hydrogen-bond acceptors (Lipinski definition) is 4. The number of hydrogen-bond donors (Lipinski definition) is 0. The van der Waals surface area contributed by atoms with Crippen molar-refractivity contribution in [1.29, 1.82) is 0 Å². The van der Waals surface area contributed by atoms with E-state index in [-0.39, 0.29) is 18.3 Å². The Labute approximate surface area is 201 Å². The molecule has 0 N–H and O–H groups in total. The van der Waals surface area contributed by atoms with E-state index < -0.39 is 0 Å². The van der Waals surface area contributed by atoms with Gasteiger partial charge in [0.1, 0.15) is 0 Å². The zero-order valence-corrected chi connectivity index (χ0v) is 20.2. The van der Waals surface area contributed by atoms with Crippen molar-refractivity contribution in [3.63, 3.8) is 0 Å². The van der Waals surface area contributed by atoms with Gasteiger partial charge in [0.15, 0.2) is 5.13 Å². The van der Waals surface area contributed by atoms with Crippen LogP contribution in [-0.2, 0) is 6.54 Å². The van der Waals surface area contributed by atoms with E-state index in [4.69, 9.17) is 28.2 Å². The molecule has 2 aromatic heterocycles. The number of carbonyl (C=O) groups is 1. The predicted molar refractivity (Wildman–Crippen MR) is 131 cm³/mol. The first-order valence-corrected chi connectivity index (χ1v) is 11.1. The Morgan fingerprint density at radius 1 is 1.19 bits per heavy atom. The molecule has 162 valence electrons. The van der Waals surface area contributed by atoms with Crippen LogP contribution >= 0.6 is 46.9 Å². The molecule has 0 unspecified atom stereocenters. The van der Waals surface area contributed by atoms with Gasteiger partial charge < -0.3 is 4.57 Å². The number of aryl methyl sites for hydroxylation is 3. The molecule has 2 aromatic carbocycles.